The number of aromatic nitrogens is 3. The smallest absolute Gasteiger partial charge is 0.294 e. The predicted octanol–water partition coefficient (Wildman–Crippen LogP) is 3.36. The van der Waals surface area contributed by atoms with Crippen molar-refractivity contribution in [1.29, 1.82) is 0 Å². The van der Waals surface area contributed by atoms with Gasteiger partial charge in [0.1, 0.15) is 11.5 Å². The number of anilines is 2. The van der Waals surface area contributed by atoms with Crippen molar-refractivity contribution in [1.82, 2.24) is 24.3 Å². The molecular weight excluding hydrogens is 556 g/mol. The second-order valence-electron chi connectivity index (χ2n) is 9.32. The zero-order valence-corrected chi connectivity index (χ0v) is 22.3. The molecule has 2 amide bonds. The van der Waals surface area contributed by atoms with E-state index in [1.807, 2.05) is 10.8 Å². The standard InChI is InChI=1S/C25H27BrN8O4/c1-27-19-9-16(12-28-13-19)24(35)32-5-2-3-18(14-32)30-23-20(10-17(26)11-21(23)34(37)38)25(36)33-8-7-31-6-4-29-22(31)15-33/h4,6,9-13,18,27,30H,2-3,5,7-8,14-15H2,1H3/t18-/m1/s1. The number of rotatable bonds is 6. The summed E-state index contributed by atoms with van der Waals surface area (Å²) in [7, 11) is 1.76. The molecule has 2 aliphatic heterocycles. The number of nitrogens with zero attached hydrogens (tertiary/aromatic N) is 6. The Morgan fingerprint density at radius 3 is 2.76 bits per heavy atom. The Balaban J connectivity index is 1.40. The molecule has 0 radical (unpaired) electrons. The Bertz CT molecular complexity index is 1390. The van der Waals surface area contributed by atoms with Gasteiger partial charge in [0.15, 0.2) is 0 Å². The minimum absolute atomic E-state index is 0.161. The van der Waals surface area contributed by atoms with Crippen molar-refractivity contribution in [2.24, 2.45) is 0 Å². The quantitative estimate of drug-likeness (QED) is 0.333. The van der Waals surface area contributed by atoms with Gasteiger partial charge in [-0.2, -0.15) is 0 Å². The van der Waals surface area contributed by atoms with Crippen LogP contribution in [0.4, 0.5) is 17.1 Å². The molecule has 1 saturated heterocycles. The number of hydrogen-bond acceptors (Lipinski definition) is 8. The molecule has 38 heavy (non-hydrogen) atoms. The van der Waals surface area contributed by atoms with Gasteiger partial charge >= 0.3 is 0 Å². The van der Waals surface area contributed by atoms with Gasteiger partial charge in [-0.25, -0.2) is 4.98 Å². The first-order valence-electron chi connectivity index (χ1n) is 12.3. The number of likely N-dealkylation sites (tertiary alicyclic amines) is 1. The average Bonchev–Trinajstić information content (AvgIpc) is 3.41. The third-order valence-electron chi connectivity index (χ3n) is 6.87. The summed E-state index contributed by atoms with van der Waals surface area (Å²) in [6.07, 6.45) is 8.14. The second kappa shape index (κ2) is 10.8. The van der Waals surface area contributed by atoms with E-state index >= 15 is 0 Å². The van der Waals surface area contributed by atoms with Gasteiger partial charge in [0.25, 0.3) is 17.5 Å². The highest BCUT2D eigenvalue weighted by molar-refractivity contribution is 9.10. The number of nitro groups is 1. The van der Waals surface area contributed by atoms with Crippen LogP contribution in [0.25, 0.3) is 0 Å². The zero-order valence-electron chi connectivity index (χ0n) is 20.8. The number of imidazole rings is 1. The lowest BCUT2D eigenvalue weighted by atomic mass is 10.0. The van der Waals surface area contributed by atoms with E-state index in [2.05, 4.69) is 36.5 Å². The highest BCUT2D eigenvalue weighted by atomic mass is 79.9. The topological polar surface area (TPSA) is 139 Å². The number of fused-ring (bicyclic) bond motifs is 1. The summed E-state index contributed by atoms with van der Waals surface area (Å²) in [6.45, 7) is 2.29. The molecule has 0 saturated carbocycles. The normalized spacial score (nSPS) is 17.1. The van der Waals surface area contributed by atoms with Crippen molar-refractivity contribution in [2.45, 2.75) is 32.0 Å². The first-order valence-corrected chi connectivity index (χ1v) is 13.1. The van der Waals surface area contributed by atoms with Gasteiger partial charge in [-0.15, -0.1) is 0 Å². The van der Waals surface area contributed by atoms with E-state index in [4.69, 9.17) is 0 Å². The summed E-state index contributed by atoms with van der Waals surface area (Å²) >= 11 is 3.34. The SMILES string of the molecule is CNc1cncc(C(=O)N2CCC[C@@H](Nc3c(C(=O)N4CCn5ccnc5C4)cc(Br)cc3[N+](=O)[O-])C2)c1. The third kappa shape index (κ3) is 5.19. The van der Waals surface area contributed by atoms with Crippen LogP contribution in [0.3, 0.4) is 0 Å². The van der Waals surface area contributed by atoms with E-state index in [-0.39, 0.29) is 34.8 Å². The fourth-order valence-electron chi connectivity index (χ4n) is 4.93. The minimum Gasteiger partial charge on any atom is -0.387 e. The summed E-state index contributed by atoms with van der Waals surface area (Å²) in [6, 6.07) is 4.47. The minimum atomic E-state index is -0.493. The number of benzene rings is 1. The Labute approximate surface area is 227 Å². The number of nitro benzene ring substituents is 1. The van der Waals surface area contributed by atoms with Crippen LogP contribution >= 0.6 is 15.9 Å². The van der Waals surface area contributed by atoms with Crippen LogP contribution in [0.1, 0.15) is 39.4 Å². The molecule has 0 bridgehead atoms. The predicted molar refractivity (Wildman–Crippen MR) is 144 cm³/mol. The van der Waals surface area contributed by atoms with Gasteiger partial charge in [-0.3, -0.25) is 24.7 Å². The summed E-state index contributed by atoms with van der Waals surface area (Å²) in [4.78, 5) is 50.2. The number of halogens is 1. The molecule has 12 nitrogen and oxygen atoms in total. The van der Waals surface area contributed by atoms with E-state index in [1.165, 1.54) is 12.3 Å². The molecule has 198 valence electrons. The molecule has 13 heteroatoms. The van der Waals surface area contributed by atoms with Crippen LogP contribution in [0.2, 0.25) is 0 Å². The Morgan fingerprint density at radius 2 is 1.97 bits per heavy atom. The molecule has 2 aromatic heterocycles. The number of hydrogen-bond donors (Lipinski definition) is 2. The van der Waals surface area contributed by atoms with E-state index in [0.717, 1.165) is 11.5 Å². The lowest BCUT2D eigenvalue weighted by Gasteiger charge is -2.34. The fourth-order valence-corrected chi connectivity index (χ4v) is 5.38. The van der Waals surface area contributed by atoms with Crippen molar-refractivity contribution < 1.29 is 14.5 Å². The molecule has 1 aromatic carbocycles. The Morgan fingerprint density at radius 1 is 1.13 bits per heavy atom. The average molecular weight is 583 g/mol. The van der Waals surface area contributed by atoms with Gasteiger partial charge in [-0.1, -0.05) is 15.9 Å². The summed E-state index contributed by atoms with van der Waals surface area (Å²) in [5.41, 5.74) is 1.37. The zero-order chi connectivity index (χ0) is 26.8. The number of carbonyl (C=O) groups excluding carboxylic acids is 2. The molecule has 4 heterocycles. The number of piperidine rings is 1. The van der Waals surface area contributed by atoms with Crippen LogP contribution in [0.5, 0.6) is 0 Å². The first kappa shape index (κ1) is 25.6. The highest BCUT2D eigenvalue weighted by Crippen LogP contribution is 2.35. The first-order chi connectivity index (χ1) is 18.3. The lowest BCUT2D eigenvalue weighted by molar-refractivity contribution is -0.384. The van der Waals surface area contributed by atoms with E-state index in [0.29, 0.717) is 55.6 Å². The van der Waals surface area contributed by atoms with Crippen molar-refractivity contribution >= 4 is 44.8 Å². The molecular formula is C25H27BrN8O4. The van der Waals surface area contributed by atoms with Gasteiger partial charge in [-0.05, 0) is 25.0 Å². The third-order valence-corrected chi connectivity index (χ3v) is 7.33. The van der Waals surface area contributed by atoms with Gasteiger partial charge in [0.05, 0.1) is 28.3 Å². The molecule has 3 aromatic rings. The number of nitrogens with one attached hydrogen (secondary N) is 2. The maximum Gasteiger partial charge on any atom is 0.294 e. The van der Waals surface area contributed by atoms with Crippen molar-refractivity contribution in [2.75, 3.05) is 37.3 Å². The number of amides is 2. The number of carbonyl (C=O) groups is 2. The fraction of sp³-hybridized carbons (Fsp3) is 0.360. The van der Waals surface area contributed by atoms with Crippen LogP contribution in [0.15, 0.2) is 47.5 Å². The molecule has 0 aliphatic carbocycles. The van der Waals surface area contributed by atoms with Crippen LogP contribution in [-0.4, -0.2) is 73.8 Å². The van der Waals surface area contributed by atoms with Crippen LogP contribution in [-0.2, 0) is 13.1 Å². The lowest BCUT2D eigenvalue weighted by Crippen LogP contribution is -2.45. The maximum atomic E-state index is 13.7. The molecule has 5 rings (SSSR count). The second-order valence-corrected chi connectivity index (χ2v) is 10.2. The van der Waals surface area contributed by atoms with Gasteiger partial charge < -0.3 is 25.0 Å². The van der Waals surface area contributed by atoms with Crippen molar-refractivity contribution in [3.8, 4) is 0 Å². The molecule has 2 aliphatic rings. The molecule has 0 unspecified atom stereocenters. The summed E-state index contributed by atoms with van der Waals surface area (Å²) in [5.74, 6) is 0.290. The highest BCUT2D eigenvalue weighted by Gasteiger charge is 2.32. The summed E-state index contributed by atoms with van der Waals surface area (Å²) in [5, 5.41) is 18.3. The Hall–Kier alpha value is -4.00. The Kier molecular flexibility index (Phi) is 7.27. The monoisotopic (exact) mass is 582 g/mol. The van der Waals surface area contributed by atoms with Crippen LogP contribution in [0, 0.1) is 10.1 Å². The van der Waals surface area contributed by atoms with Crippen LogP contribution < -0.4 is 10.6 Å². The molecule has 1 atom stereocenters. The maximum absolute atomic E-state index is 13.7. The molecule has 1 fully saturated rings. The summed E-state index contributed by atoms with van der Waals surface area (Å²) < 4.78 is 2.43. The molecule has 2 N–H and O–H groups in total. The van der Waals surface area contributed by atoms with E-state index in [1.54, 1.807) is 41.4 Å². The largest absolute Gasteiger partial charge is 0.387 e. The van der Waals surface area contributed by atoms with Crippen molar-refractivity contribution in [3.63, 3.8) is 0 Å². The van der Waals surface area contributed by atoms with Gasteiger partial charge in [0.2, 0.25) is 0 Å². The van der Waals surface area contributed by atoms with Gasteiger partial charge in [0, 0.05) is 74.6 Å². The van der Waals surface area contributed by atoms with E-state index in [9.17, 15) is 19.7 Å². The van der Waals surface area contributed by atoms with E-state index < -0.39 is 4.92 Å². The molecule has 0 spiro atoms. The van der Waals surface area contributed by atoms with Crippen molar-refractivity contribution in [3.05, 3.63) is 74.5 Å². The number of pyridine rings is 1.